The Morgan fingerprint density at radius 2 is 1.56 bits per heavy atom. The van der Waals surface area contributed by atoms with Crippen LogP contribution in [0.1, 0.15) is 35.6 Å². The Morgan fingerprint density at radius 1 is 0.926 bits per heavy atom. The van der Waals surface area contributed by atoms with Crippen molar-refractivity contribution in [2.24, 2.45) is 0 Å². The number of alkyl halides is 3. The molecule has 0 saturated carbocycles. The van der Waals surface area contributed by atoms with Crippen LogP contribution < -0.4 is 4.74 Å². The first-order valence-electron chi connectivity index (χ1n) is 8.06. The van der Waals surface area contributed by atoms with E-state index in [-0.39, 0.29) is 35.1 Å². The van der Waals surface area contributed by atoms with Crippen LogP contribution in [0, 0.1) is 23.3 Å². The van der Waals surface area contributed by atoms with Gasteiger partial charge in [-0.15, -0.1) is 13.2 Å². The molecule has 0 N–H and O–H groups in total. The maximum atomic E-state index is 14.3. The molecular weight excluding hydrogens is 377 g/mol. The van der Waals surface area contributed by atoms with E-state index in [9.17, 15) is 30.7 Å². The Hall–Kier alpha value is -2.51. The molecule has 3 rings (SSSR count). The Bertz CT molecular complexity index is 906. The summed E-state index contributed by atoms with van der Waals surface area (Å²) >= 11 is 0. The maximum absolute atomic E-state index is 14.3. The number of benzene rings is 2. The van der Waals surface area contributed by atoms with Gasteiger partial charge in [0.25, 0.3) is 0 Å². The van der Waals surface area contributed by atoms with E-state index in [1.807, 2.05) is 0 Å². The lowest BCUT2D eigenvalue weighted by Crippen LogP contribution is -2.20. The standard InChI is InChI=1S/C19H13F7O/c1-2-9-5-13(20)16(14(21)6-9)10-3-4-12-11(7-10)8-15(22)18(17(12)23)27-19(24,25)26/h5-8H,2-4H2,1H3. The summed E-state index contributed by atoms with van der Waals surface area (Å²) in [7, 11) is 0. The molecule has 1 nitrogen and oxygen atoms in total. The number of rotatable bonds is 3. The van der Waals surface area contributed by atoms with Gasteiger partial charge in [-0.3, -0.25) is 0 Å². The second-order valence-electron chi connectivity index (χ2n) is 6.07. The quantitative estimate of drug-likeness (QED) is 0.568. The second-order valence-corrected chi connectivity index (χ2v) is 6.07. The molecule has 1 aliphatic rings. The van der Waals surface area contributed by atoms with E-state index in [1.54, 1.807) is 6.92 Å². The number of aryl methyl sites for hydroxylation is 1. The summed E-state index contributed by atoms with van der Waals surface area (Å²) in [6, 6.07) is 3.02. The number of halogens is 7. The normalized spacial score (nSPS) is 14.0. The van der Waals surface area contributed by atoms with Crippen LogP contribution in [0.4, 0.5) is 30.7 Å². The van der Waals surface area contributed by atoms with E-state index >= 15 is 0 Å². The molecule has 0 atom stereocenters. The van der Waals surface area contributed by atoms with Crippen LogP contribution in [0.3, 0.4) is 0 Å². The fraction of sp³-hybridized carbons (Fsp3) is 0.263. The number of hydrogen-bond acceptors (Lipinski definition) is 1. The molecular formula is C19H13F7O. The van der Waals surface area contributed by atoms with Crippen LogP contribution >= 0.6 is 0 Å². The van der Waals surface area contributed by atoms with Crippen LogP contribution in [-0.2, 0) is 12.8 Å². The molecule has 1 aliphatic carbocycles. The van der Waals surface area contributed by atoms with Crippen molar-refractivity contribution in [2.75, 3.05) is 0 Å². The van der Waals surface area contributed by atoms with Crippen molar-refractivity contribution < 1.29 is 35.5 Å². The van der Waals surface area contributed by atoms with E-state index in [0.717, 1.165) is 0 Å². The highest BCUT2D eigenvalue weighted by molar-refractivity contribution is 5.85. The third-order valence-electron chi connectivity index (χ3n) is 4.34. The van der Waals surface area contributed by atoms with E-state index < -0.39 is 35.4 Å². The van der Waals surface area contributed by atoms with Gasteiger partial charge in [0.05, 0.1) is 0 Å². The van der Waals surface area contributed by atoms with Crippen molar-refractivity contribution in [3.8, 4) is 5.75 Å². The largest absolute Gasteiger partial charge is 0.573 e. The fourth-order valence-electron chi connectivity index (χ4n) is 3.10. The number of hydrogen-bond donors (Lipinski definition) is 0. The van der Waals surface area contributed by atoms with Crippen LogP contribution in [0.25, 0.3) is 11.6 Å². The predicted molar refractivity (Wildman–Crippen MR) is 85.0 cm³/mol. The predicted octanol–water partition coefficient (Wildman–Crippen LogP) is 6.19. The van der Waals surface area contributed by atoms with E-state index in [4.69, 9.17) is 0 Å². The van der Waals surface area contributed by atoms with E-state index in [0.29, 0.717) is 18.1 Å². The number of fused-ring (bicyclic) bond motifs is 1. The van der Waals surface area contributed by atoms with Gasteiger partial charge in [-0.1, -0.05) is 13.0 Å². The average Bonchev–Trinajstić information content (AvgIpc) is 2.57. The monoisotopic (exact) mass is 390 g/mol. The molecule has 0 saturated heterocycles. The molecule has 2 aromatic carbocycles. The summed E-state index contributed by atoms with van der Waals surface area (Å²) < 4.78 is 97.2. The van der Waals surface area contributed by atoms with Crippen molar-refractivity contribution in [1.82, 2.24) is 0 Å². The van der Waals surface area contributed by atoms with Gasteiger partial charge in [-0.2, -0.15) is 0 Å². The van der Waals surface area contributed by atoms with Crippen molar-refractivity contribution >= 4 is 11.6 Å². The summed E-state index contributed by atoms with van der Waals surface area (Å²) in [5, 5.41) is 0. The van der Waals surface area contributed by atoms with Crippen molar-refractivity contribution in [3.63, 3.8) is 0 Å². The van der Waals surface area contributed by atoms with E-state index in [1.165, 1.54) is 18.2 Å². The zero-order valence-electron chi connectivity index (χ0n) is 14.0. The minimum atomic E-state index is -5.25. The highest BCUT2D eigenvalue weighted by Crippen LogP contribution is 2.39. The second kappa shape index (κ2) is 6.90. The molecule has 0 bridgehead atoms. The molecule has 0 aromatic heterocycles. The maximum Gasteiger partial charge on any atom is 0.573 e. The molecule has 0 fully saturated rings. The first-order chi connectivity index (χ1) is 12.6. The molecule has 0 aliphatic heterocycles. The van der Waals surface area contributed by atoms with Crippen LogP contribution in [-0.4, -0.2) is 6.36 Å². The van der Waals surface area contributed by atoms with Crippen molar-refractivity contribution in [1.29, 1.82) is 0 Å². The van der Waals surface area contributed by atoms with Crippen LogP contribution in [0.5, 0.6) is 5.75 Å². The topological polar surface area (TPSA) is 9.23 Å². The highest BCUT2D eigenvalue weighted by Gasteiger charge is 2.35. The summed E-state index contributed by atoms with van der Waals surface area (Å²) in [4.78, 5) is 0. The minimum Gasteiger partial charge on any atom is -0.399 e. The van der Waals surface area contributed by atoms with Gasteiger partial charge in [0, 0.05) is 5.56 Å². The van der Waals surface area contributed by atoms with E-state index in [2.05, 4.69) is 4.74 Å². The summed E-state index contributed by atoms with van der Waals surface area (Å²) in [5.41, 5.74) is 0.0267. The molecule has 144 valence electrons. The van der Waals surface area contributed by atoms with Crippen molar-refractivity contribution in [2.45, 2.75) is 32.5 Å². The molecule has 27 heavy (non-hydrogen) atoms. The van der Waals surface area contributed by atoms with Gasteiger partial charge >= 0.3 is 6.36 Å². The van der Waals surface area contributed by atoms with Gasteiger partial charge in [0.15, 0.2) is 11.6 Å². The summed E-state index contributed by atoms with van der Waals surface area (Å²) in [6.07, 6.45) is -3.83. The number of ether oxygens (including phenoxy) is 1. The Labute approximate surface area is 150 Å². The highest BCUT2D eigenvalue weighted by atomic mass is 19.4. The summed E-state index contributed by atoms with van der Waals surface area (Å²) in [6.45, 7) is 1.73. The Kier molecular flexibility index (Phi) is 4.92. The molecule has 0 amide bonds. The molecule has 2 aromatic rings. The van der Waals surface area contributed by atoms with Crippen molar-refractivity contribution in [3.05, 3.63) is 63.7 Å². The third-order valence-corrected chi connectivity index (χ3v) is 4.34. The van der Waals surface area contributed by atoms with Gasteiger partial charge in [-0.25, -0.2) is 17.6 Å². The fourth-order valence-corrected chi connectivity index (χ4v) is 3.10. The zero-order chi connectivity index (χ0) is 19.9. The first-order valence-corrected chi connectivity index (χ1v) is 8.06. The first kappa shape index (κ1) is 19.3. The smallest absolute Gasteiger partial charge is 0.399 e. The van der Waals surface area contributed by atoms with Crippen LogP contribution in [0.2, 0.25) is 0 Å². The summed E-state index contributed by atoms with van der Waals surface area (Å²) in [5.74, 6) is -6.18. The molecule has 8 heteroatoms. The number of allylic oxidation sites excluding steroid dienone is 1. The lowest BCUT2D eigenvalue weighted by molar-refractivity contribution is -0.276. The van der Waals surface area contributed by atoms with Crippen LogP contribution in [0.15, 0.2) is 18.2 Å². The van der Waals surface area contributed by atoms with Gasteiger partial charge in [-0.05, 0) is 59.7 Å². The average molecular weight is 390 g/mol. The van der Waals surface area contributed by atoms with Gasteiger partial charge in [0.2, 0.25) is 5.75 Å². The lowest BCUT2D eigenvalue weighted by Gasteiger charge is -2.21. The SMILES string of the molecule is CCc1cc(F)c(C2=Cc3cc(F)c(OC(F)(F)F)c(F)c3CC2)c(F)c1. The zero-order valence-corrected chi connectivity index (χ0v) is 14.0. The minimum absolute atomic E-state index is 0.0275. The Balaban J connectivity index is 2.08. The Morgan fingerprint density at radius 3 is 2.11 bits per heavy atom. The molecule has 0 spiro atoms. The van der Waals surface area contributed by atoms with Gasteiger partial charge in [0.1, 0.15) is 11.6 Å². The molecule has 0 radical (unpaired) electrons. The molecule has 0 heterocycles. The molecule has 0 unspecified atom stereocenters. The van der Waals surface area contributed by atoms with Gasteiger partial charge < -0.3 is 4.74 Å². The lowest BCUT2D eigenvalue weighted by atomic mass is 9.87. The third kappa shape index (κ3) is 3.79.